The number of nitrogens with one attached hydrogen (secondary N) is 1. The number of aryl methyl sites for hydroxylation is 1. The molecule has 1 heterocycles. The van der Waals surface area contributed by atoms with Crippen molar-refractivity contribution in [2.24, 2.45) is 4.99 Å². The second-order valence-corrected chi connectivity index (χ2v) is 4.85. The van der Waals surface area contributed by atoms with E-state index in [1.165, 1.54) is 0 Å². The van der Waals surface area contributed by atoms with Crippen molar-refractivity contribution in [2.75, 3.05) is 5.32 Å². The summed E-state index contributed by atoms with van der Waals surface area (Å²) in [5.41, 5.74) is 4.57. The monoisotopic (exact) mass is 277 g/mol. The van der Waals surface area contributed by atoms with Crippen molar-refractivity contribution in [1.82, 2.24) is 0 Å². The lowest BCUT2D eigenvalue weighted by Gasteiger charge is -2.21. The zero-order valence-electron chi connectivity index (χ0n) is 11.5. The van der Waals surface area contributed by atoms with Gasteiger partial charge in [-0.1, -0.05) is 42.0 Å². The number of para-hydroxylation sites is 2. The van der Waals surface area contributed by atoms with Crippen molar-refractivity contribution in [3.63, 3.8) is 0 Å². The number of carboxylic acid groups (broad SMARTS) is 1. The lowest BCUT2D eigenvalue weighted by molar-refractivity contribution is -0.297. The summed E-state index contributed by atoms with van der Waals surface area (Å²) in [4.78, 5) is 15.5. The predicted octanol–water partition coefficient (Wildman–Crippen LogP) is 2.18. The molecule has 104 valence electrons. The smallest absolute Gasteiger partial charge is 0.0945 e. The molecule has 0 aromatic heterocycles. The van der Waals surface area contributed by atoms with E-state index in [-0.39, 0.29) is 0 Å². The van der Waals surface area contributed by atoms with Gasteiger partial charge in [0, 0.05) is 5.56 Å². The van der Waals surface area contributed by atoms with Crippen molar-refractivity contribution in [3.8, 4) is 0 Å². The van der Waals surface area contributed by atoms with Crippen LogP contribution in [-0.2, 0) is 4.79 Å². The van der Waals surface area contributed by atoms with Gasteiger partial charge in [-0.25, -0.2) is 4.99 Å². The minimum absolute atomic E-state index is 0.428. The van der Waals surface area contributed by atoms with E-state index in [1.54, 1.807) is 0 Å². The van der Waals surface area contributed by atoms with Crippen molar-refractivity contribution in [2.45, 2.75) is 6.92 Å². The van der Waals surface area contributed by atoms with Gasteiger partial charge in [-0.2, -0.15) is 0 Å². The summed E-state index contributed by atoms with van der Waals surface area (Å²) in [6.45, 7) is 2.00. The van der Waals surface area contributed by atoms with Crippen molar-refractivity contribution in [1.29, 1.82) is 0 Å². The molecule has 0 amide bonds. The Morgan fingerprint density at radius 2 is 1.86 bits per heavy atom. The second-order valence-electron chi connectivity index (χ2n) is 4.85. The van der Waals surface area contributed by atoms with Crippen molar-refractivity contribution >= 4 is 23.1 Å². The number of allylic oxidation sites excluding steroid dienone is 1. The molecule has 0 fully saturated rings. The predicted molar refractivity (Wildman–Crippen MR) is 80.5 cm³/mol. The number of hydrogen-bond acceptors (Lipinski definition) is 4. The normalized spacial score (nSPS) is 15.1. The molecule has 21 heavy (non-hydrogen) atoms. The number of carboxylic acids is 1. The number of fused-ring (bicyclic) bond motifs is 1. The topological polar surface area (TPSA) is 64.5 Å². The number of rotatable bonds is 2. The van der Waals surface area contributed by atoms with E-state index in [9.17, 15) is 9.90 Å². The van der Waals surface area contributed by atoms with E-state index in [2.05, 4.69) is 10.3 Å². The summed E-state index contributed by atoms with van der Waals surface area (Å²) < 4.78 is 0. The molecule has 0 spiro atoms. The van der Waals surface area contributed by atoms with E-state index < -0.39 is 5.97 Å². The average Bonchev–Trinajstić information content (AvgIpc) is 2.47. The molecule has 4 nitrogen and oxygen atoms in total. The molecule has 2 aromatic rings. The maximum Gasteiger partial charge on any atom is 0.0945 e. The summed E-state index contributed by atoms with van der Waals surface area (Å²) in [6.07, 6.45) is 1.04. The van der Waals surface area contributed by atoms with Crippen molar-refractivity contribution < 1.29 is 9.90 Å². The van der Waals surface area contributed by atoms with E-state index in [0.717, 1.165) is 28.6 Å². The molecule has 0 aliphatic carbocycles. The van der Waals surface area contributed by atoms with Gasteiger partial charge >= 0.3 is 0 Å². The Bertz CT molecular complexity index is 759. The van der Waals surface area contributed by atoms with E-state index in [0.29, 0.717) is 11.4 Å². The highest BCUT2D eigenvalue weighted by atomic mass is 16.4. The highest BCUT2D eigenvalue weighted by Gasteiger charge is 2.17. The molecule has 0 unspecified atom stereocenters. The zero-order chi connectivity index (χ0) is 14.8. The van der Waals surface area contributed by atoms with Crippen LogP contribution in [0.15, 0.2) is 65.3 Å². The highest BCUT2D eigenvalue weighted by molar-refractivity contribution is 6.19. The first-order valence-corrected chi connectivity index (χ1v) is 6.58. The third-order valence-corrected chi connectivity index (χ3v) is 3.25. The summed E-state index contributed by atoms with van der Waals surface area (Å²) >= 11 is 0. The molecular weight excluding hydrogens is 264 g/mol. The quantitative estimate of drug-likeness (QED) is 0.856. The number of hydrogen-bond donors (Lipinski definition) is 1. The average molecular weight is 277 g/mol. The zero-order valence-corrected chi connectivity index (χ0v) is 11.5. The largest absolute Gasteiger partial charge is 0.545 e. The lowest BCUT2D eigenvalue weighted by Crippen LogP contribution is -2.24. The number of carbonyl (C=O) groups is 1. The van der Waals surface area contributed by atoms with Crippen LogP contribution in [0.2, 0.25) is 0 Å². The van der Waals surface area contributed by atoms with Gasteiger partial charge in [0.1, 0.15) is 0 Å². The first-order valence-electron chi connectivity index (χ1n) is 6.58. The Kier molecular flexibility index (Phi) is 3.28. The van der Waals surface area contributed by atoms with Crippen LogP contribution >= 0.6 is 0 Å². The molecule has 0 atom stereocenters. The fourth-order valence-electron chi connectivity index (χ4n) is 2.22. The molecule has 4 heteroatoms. The second kappa shape index (κ2) is 5.25. The Labute approximate surface area is 122 Å². The van der Waals surface area contributed by atoms with Crippen molar-refractivity contribution in [3.05, 3.63) is 71.4 Å². The molecule has 1 N–H and O–H groups in total. The molecule has 1 aliphatic heterocycles. The first-order chi connectivity index (χ1) is 10.1. The van der Waals surface area contributed by atoms with Gasteiger partial charge in [-0.3, -0.25) is 0 Å². The number of anilines is 1. The highest BCUT2D eigenvalue weighted by Crippen LogP contribution is 2.32. The number of carbonyl (C=O) groups excluding carboxylic acids is 1. The number of aliphatic imine (C=N–C) groups is 1. The van der Waals surface area contributed by atoms with Gasteiger partial charge < -0.3 is 15.2 Å². The first kappa shape index (κ1) is 13.1. The molecule has 0 saturated heterocycles. The molecule has 3 rings (SSSR count). The van der Waals surface area contributed by atoms with Crippen LogP contribution in [0, 0.1) is 6.92 Å². The molecule has 1 aliphatic rings. The fourth-order valence-corrected chi connectivity index (χ4v) is 2.22. The van der Waals surface area contributed by atoms with Crippen LogP contribution < -0.4 is 10.4 Å². The maximum atomic E-state index is 10.9. The van der Waals surface area contributed by atoms with Crippen LogP contribution in [0.25, 0.3) is 0 Å². The van der Waals surface area contributed by atoms with E-state index in [1.807, 2.05) is 55.5 Å². The fraction of sp³-hybridized carbons (Fsp3) is 0.0588. The van der Waals surface area contributed by atoms with Gasteiger partial charge in [0.25, 0.3) is 0 Å². The summed E-state index contributed by atoms with van der Waals surface area (Å²) in [5.74, 6) is -1.25. The van der Waals surface area contributed by atoms with Crippen LogP contribution in [0.3, 0.4) is 0 Å². The third-order valence-electron chi connectivity index (χ3n) is 3.25. The lowest BCUT2D eigenvalue weighted by atomic mass is 10.0. The van der Waals surface area contributed by atoms with Crippen LogP contribution in [0.5, 0.6) is 0 Å². The molecule has 2 aromatic carbocycles. The van der Waals surface area contributed by atoms with Gasteiger partial charge in [0.15, 0.2) is 0 Å². The minimum atomic E-state index is -1.25. The number of nitrogens with zero attached hydrogens (tertiary/aromatic N) is 1. The van der Waals surface area contributed by atoms with Crippen LogP contribution in [-0.4, -0.2) is 11.7 Å². The third kappa shape index (κ3) is 2.69. The molecular formula is C17H13N2O2-. The van der Waals surface area contributed by atoms with E-state index >= 15 is 0 Å². The molecule has 0 saturated carbocycles. The molecule has 0 radical (unpaired) electrons. The Hall–Kier alpha value is -2.88. The SMILES string of the molecule is Cc1ccc(C2=Nc3ccccc3N/C2=C\C(=O)[O-])cc1. The summed E-state index contributed by atoms with van der Waals surface area (Å²) in [5, 5.41) is 14.0. The molecule has 0 bridgehead atoms. The van der Waals surface area contributed by atoms with Gasteiger partial charge in [-0.05, 0) is 25.1 Å². The van der Waals surface area contributed by atoms with E-state index in [4.69, 9.17) is 0 Å². The van der Waals surface area contributed by atoms with Gasteiger partial charge in [0.05, 0.1) is 28.8 Å². The number of aliphatic carboxylic acids is 1. The Morgan fingerprint density at radius 3 is 2.57 bits per heavy atom. The minimum Gasteiger partial charge on any atom is -0.545 e. The number of benzene rings is 2. The maximum absolute atomic E-state index is 10.9. The van der Waals surface area contributed by atoms with Gasteiger partial charge in [-0.15, -0.1) is 0 Å². The Morgan fingerprint density at radius 1 is 1.14 bits per heavy atom. The van der Waals surface area contributed by atoms with Crippen LogP contribution in [0.4, 0.5) is 11.4 Å². The summed E-state index contributed by atoms with van der Waals surface area (Å²) in [7, 11) is 0. The van der Waals surface area contributed by atoms with Gasteiger partial charge in [0.2, 0.25) is 0 Å². The standard InChI is InChI=1S/C17H14N2O2/c1-11-6-8-12(9-7-11)17-15(10-16(20)21)18-13-4-2-3-5-14(13)19-17/h2-10,18H,1H3,(H,20,21)/p-1/b15-10-. The summed E-state index contributed by atoms with van der Waals surface area (Å²) in [6, 6.07) is 15.3. The Balaban J connectivity index is 2.15. The van der Waals surface area contributed by atoms with Crippen LogP contribution in [0.1, 0.15) is 11.1 Å².